The van der Waals surface area contributed by atoms with Crippen LogP contribution in [0.1, 0.15) is 39.2 Å². The minimum atomic E-state index is -0.420. The van der Waals surface area contributed by atoms with E-state index >= 15 is 0 Å². The molecular formula is C16H24N2O2. The topological polar surface area (TPSA) is 54.3 Å². The number of nitriles is 1. The molecule has 0 aliphatic rings. The van der Waals surface area contributed by atoms with Crippen LogP contribution in [0.2, 0.25) is 0 Å². The van der Waals surface area contributed by atoms with Crippen molar-refractivity contribution in [3.05, 3.63) is 23.8 Å². The van der Waals surface area contributed by atoms with Gasteiger partial charge in [0.1, 0.15) is 17.6 Å². The van der Waals surface area contributed by atoms with Crippen molar-refractivity contribution < 1.29 is 9.47 Å². The third-order valence-corrected chi connectivity index (χ3v) is 2.86. The largest absolute Gasteiger partial charge is 0.493 e. The number of benzene rings is 1. The van der Waals surface area contributed by atoms with E-state index in [1.54, 1.807) is 0 Å². The predicted molar refractivity (Wildman–Crippen MR) is 79.9 cm³/mol. The first-order chi connectivity index (χ1) is 9.74. The number of hydrogen-bond donors (Lipinski definition) is 1. The Hall–Kier alpha value is -1.73. The van der Waals surface area contributed by atoms with Gasteiger partial charge in [-0.1, -0.05) is 26.8 Å². The van der Waals surface area contributed by atoms with Gasteiger partial charge in [0.25, 0.3) is 0 Å². The van der Waals surface area contributed by atoms with Crippen LogP contribution in [-0.4, -0.2) is 19.3 Å². The lowest BCUT2D eigenvalue weighted by Crippen LogP contribution is -2.17. The normalized spacial score (nSPS) is 11.7. The first kappa shape index (κ1) is 16.3. The second-order valence-electron chi connectivity index (χ2n) is 4.54. The molecule has 0 radical (unpaired) electrons. The summed E-state index contributed by atoms with van der Waals surface area (Å²) in [5.41, 5.74) is 1.05. The van der Waals surface area contributed by atoms with E-state index in [1.807, 2.05) is 25.1 Å². The van der Waals surface area contributed by atoms with Gasteiger partial charge in [-0.05, 0) is 25.5 Å². The van der Waals surface area contributed by atoms with E-state index in [9.17, 15) is 0 Å². The second kappa shape index (κ2) is 9.22. The predicted octanol–water partition coefficient (Wildman–Crippen LogP) is 3.27. The number of nitrogens with zero attached hydrogens (tertiary/aromatic N) is 1. The summed E-state index contributed by atoms with van der Waals surface area (Å²) in [6, 6.07) is 7.98. The van der Waals surface area contributed by atoms with E-state index in [1.165, 1.54) is 0 Å². The maximum Gasteiger partial charge on any atom is 0.184 e. The Morgan fingerprint density at radius 3 is 2.70 bits per heavy atom. The third kappa shape index (κ3) is 5.10. The maximum absolute atomic E-state index is 9.04. The quantitative estimate of drug-likeness (QED) is 0.752. The lowest BCUT2D eigenvalue weighted by molar-refractivity contribution is 0.246. The van der Waals surface area contributed by atoms with Crippen LogP contribution in [0.15, 0.2) is 18.2 Å². The lowest BCUT2D eigenvalue weighted by atomic mass is 10.1. The van der Waals surface area contributed by atoms with Crippen molar-refractivity contribution in [1.29, 1.82) is 5.26 Å². The van der Waals surface area contributed by atoms with Gasteiger partial charge >= 0.3 is 0 Å². The van der Waals surface area contributed by atoms with Gasteiger partial charge in [0, 0.05) is 18.2 Å². The van der Waals surface area contributed by atoms with Crippen LogP contribution in [0, 0.1) is 11.3 Å². The maximum atomic E-state index is 9.04. The highest BCUT2D eigenvalue weighted by molar-refractivity contribution is 5.41. The Bertz CT molecular complexity index is 441. The summed E-state index contributed by atoms with van der Waals surface area (Å²) < 4.78 is 11.4. The van der Waals surface area contributed by atoms with Gasteiger partial charge < -0.3 is 14.8 Å². The van der Waals surface area contributed by atoms with Crippen molar-refractivity contribution in [2.75, 3.05) is 13.2 Å². The number of rotatable bonds is 9. The molecule has 0 aliphatic heterocycles. The summed E-state index contributed by atoms with van der Waals surface area (Å²) in [6.45, 7) is 8.37. The smallest absolute Gasteiger partial charge is 0.184 e. The molecule has 0 bridgehead atoms. The Morgan fingerprint density at radius 2 is 2.10 bits per heavy atom. The van der Waals surface area contributed by atoms with E-state index in [0.717, 1.165) is 36.6 Å². The zero-order chi connectivity index (χ0) is 14.8. The lowest BCUT2D eigenvalue weighted by Gasteiger charge is -2.16. The molecule has 1 aromatic carbocycles. The molecule has 4 heteroatoms. The monoisotopic (exact) mass is 276 g/mol. The summed E-state index contributed by atoms with van der Waals surface area (Å²) in [5.74, 6) is 1.52. The highest BCUT2D eigenvalue weighted by Gasteiger charge is 2.11. The third-order valence-electron chi connectivity index (χ3n) is 2.86. The molecule has 0 saturated heterocycles. The zero-order valence-electron chi connectivity index (χ0n) is 12.6. The molecule has 1 atom stereocenters. The molecule has 1 unspecified atom stereocenters. The minimum absolute atomic E-state index is 0.420. The van der Waals surface area contributed by atoms with Crippen molar-refractivity contribution in [3.8, 4) is 17.6 Å². The van der Waals surface area contributed by atoms with Crippen LogP contribution in [0.25, 0.3) is 0 Å². The van der Waals surface area contributed by atoms with Gasteiger partial charge in [-0.2, -0.15) is 5.26 Å². The van der Waals surface area contributed by atoms with Gasteiger partial charge in [-0.15, -0.1) is 0 Å². The fourth-order valence-corrected chi connectivity index (χ4v) is 1.71. The first-order valence-electron chi connectivity index (χ1n) is 7.27. The zero-order valence-corrected chi connectivity index (χ0v) is 12.6. The summed E-state index contributed by atoms with van der Waals surface area (Å²) in [5, 5.41) is 12.3. The van der Waals surface area contributed by atoms with Crippen molar-refractivity contribution in [2.24, 2.45) is 0 Å². The second-order valence-corrected chi connectivity index (χ2v) is 4.54. The van der Waals surface area contributed by atoms with Gasteiger partial charge in [-0.25, -0.2) is 0 Å². The average Bonchev–Trinajstić information content (AvgIpc) is 2.49. The molecule has 20 heavy (non-hydrogen) atoms. The Morgan fingerprint density at radius 1 is 1.30 bits per heavy atom. The van der Waals surface area contributed by atoms with E-state index < -0.39 is 6.10 Å². The van der Waals surface area contributed by atoms with Gasteiger partial charge in [-0.3, -0.25) is 0 Å². The number of ether oxygens (including phenoxy) is 2. The van der Waals surface area contributed by atoms with Crippen LogP contribution >= 0.6 is 0 Å². The van der Waals surface area contributed by atoms with Crippen LogP contribution < -0.4 is 14.8 Å². The van der Waals surface area contributed by atoms with Crippen LogP contribution in [0.5, 0.6) is 11.5 Å². The van der Waals surface area contributed by atoms with Crippen LogP contribution in [-0.2, 0) is 6.54 Å². The van der Waals surface area contributed by atoms with Gasteiger partial charge in [0.2, 0.25) is 0 Å². The Labute approximate surface area is 121 Å². The van der Waals surface area contributed by atoms with E-state index in [0.29, 0.717) is 13.0 Å². The molecule has 0 aromatic heterocycles. The highest BCUT2D eigenvalue weighted by Crippen LogP contribution is 2.26. The standard InChI is InChI=1S/C16H24N2O2/c1-4-9-19-15-8-7-13(12-18-6-3)16(10-15)20-14(5-2)11-17/h7-8,10,14,18H,4-6,9,12H2,1-3H3. The highest BCUT2D eigenvalue weighted by atomic mass is 16.5. The fourth-order valence-electron chi connectivity index (χ4n) is 1.71. The molecule has 1 rings (SSSR count). The summed E-state index contributed by atoms with van der Waals surface area (Å²) in [6.07, 6.45) is 1.21. The molecule has 0 aliphatic carbocycles. The first-order valence-corrected chi connectivity index (χ1v) is 7.27. The summed E-state index contributed by atoms with van der Waals surface area (Å²) in [4.78, 5) is 0. The SMILES string of the molecule is CCCOc1ccc(CNCC)c(OC(C#N)CC)c1. The van der Waals surface area contributed by atoms with E-state index in [-0.39, 0.29) is 0 Å². The molecule has 0 fully saturated rings. The Balaban J connectivity index is 2.90. The van der Waals surface area contributed by atoms with Crippen molar-refractivity contribution in [3.63, 3.8) is 0 Å². The van der Waals surface area contributed by atoms with Crippen molar-refractivity contribution in [1.82, 2.24) is 5.32 Å². The summed E-state index contributed by atoms with van der Waals surface area (Å²) in [7, 11) is 0. The van der Waals surface area contributed by atoms with Crippen LogP contribution in [0.3, 0.4) is 0 Å². The molecule has 1 N–H and O–H groups in total. The molecule has 110 valence electrons. The van der Waals surface area contributed by atoms with Gasteiger partial charge in [0.15, 0.2) is 6.10 Å². The number of hydrogen-bond acceptors (Lipinski definition) is 4. The minimum Gasteiger partial charge on any atom is -0.493 e. The average molecular weight is 276 g/mol. The van der Waals surface area contributed by atoms with E-state index in [4.69, 9.17) is 14.7 Å². The summed E-state index contributed by atoms with van der Waals surface area (Å²) >= 11 is 0. The molecule has 4 nitrogen and oxygen atoms in total. The molecule has 0 heterocycles. The van der Waals surface area contributed by atoms with Crippen LogP contribution in [0.4, 0.5) is 0 Å². The molecule has 0 amide bonds. The fraction of sp³-hybridized carbons (Fsp3) is 0.562. The van der Waals surface area contributed by atoms with Crippen molar-refractivity contribution >= 4 is 0 Å². The molecule has 1 aromatic rings. The molecular weight excluding hydrogens is 252 g/mol. The Kier molecular flexibility index (Phi) is 7.52. The van der Waals surface area contributed by atoms with Crippen molar-refractivity contribution in [2.45, 2.75) is 46.3 Å². The van der Waals surface area contributed by atoms with Gasteiger partial charge in [0.05, 0.1) is 6.61 Å². The van der Waals surface area contributed by atoms with E-state index in [2.05, 4.69) is 25.2 Å². The molecule has 0 saturated carbocycles. The number of nitrogens with one attached hydrogen (secondary N) is 1. The molecule has 0 spiro atoms.